The third kappa shape index (κ3) is 21.6. The molecule has 1 unspecified atom stereocenters. The lowest BCUT2D eigenvalue weighted by molar-refractivity contribution is 0.415. The van der Waals surface area contributed by atoms with Crippen LogP contribution >= 0.6 is 64.8 Å². The average Bonchev–Trinajstić information content (AvgIpc) is 1.78. The fraction of sp³-hybridized carbons (Fsp3) is 0.0930. The molecule has 127 heavy (non-hydrogen) atoms. The van der Waals surface area contributed by atoms with Gasteiger partial charge in [0.1, 0.15) is 63.9 Å². The highest BCUT2D eigenvalue weighted by molar-refractivity contribution is 9.10. The van der Waals surface area contributed by atoms with Crippen LogP contribution in [0.3, 0.4) is 0 Å². The standard InChI is InChI=1S/C13H13FN4.C13H12N4O.C12H9BrN4.C12H9ClN4.C12H11FN4.C12H9FN4.C12H13N5O2S.3ClH/c1-8-6-9-7-10(14)2-3-11(9)18(8)12-4-5-16-13(15)17-12;1-18-10-3-2-9-5-7-17(11(9)8-10)12-4-6-15-13(14)16-12;13-9-1-2-10-8(7-9)4-6-17(10)11-3-5-15-12(14)16-11;3*13-9-2-1-8-4-6-17(10(8)7-9)11-3-5-15-12(14)16-11;13-12-15-5-3-11(16-12)17-6-4-8-7-9(20(14,18)19)1-2-10(8)17;;;/h2-5,7-8H,6H2,1H3,(H2,15,16,17);2-8H,1H3,(H2,14,15,16);2*1-7H,(H2,14,15,16);1-3,5,7H,4,6H2,(H2,14,15,16);1-7H,(H2,14,15,16);1-3,5,7H,4,6H2,(H2,13,15,16)(H2,14,18,19);3*1H. The van der Waals surface area contributed by atoms with Crippen LogP contribution in [0.1, 0.15) is 23.6 Å². The summed E-state index contributed by atoms with van der Waals surface area (Å²) in [7, 11) is -2.03. The van der Waals surface area contributed by atoms with Gasteiger partial charge in [-0.15, -0.1) is 37.2 Å². The molecule has 0 fully saturated rings. The third-order valence-corrected chi connectivity index (χ3v) is 21.4. The number of nitrogen functional groups attached to an aromatic ring is 7. The highest BCUT2D eigenvalue weighted by atomic mass is 79.9. The first-order chi connectivity index (χ1) is 59.8. The molecule has 14 heterocycles. The molecule has 7 aromatic carbocycles. The second kappa shape index (κ2) is 40.4. The molecule has 16 N–H and O–H groups in total. The molecule has 0 saturated carbocycles. The quantitative estimate of drug-likeness (QED) is 0.0665. The van der Waals surface area contributed by atoms with Crippen molar-refractivity contribution in [3.05, 3.63) is 306 Å². The Morgan fingerprint density at radius 1 is 0.386 bits per heavy atom. The van der Waals surface area contributed by atoms with E-state index >= 15 is 0 Å². The third-order valence-electron chi connectivity index (χ3n) is 19.7. The van der Waals surface area contributed by atoms with Gasteiger partial charge < -0.3 is 77.8 Å². The van der Waals surface area contributed by atoms with Crippen molar-refractivity contribution in [2.45, 2.75) is 37.1 Å². The van der Waals surface area contributed by atoms with Crippen molar-refractivity contribution in [2.75, 3.05) is 75.0 Å². The van der Waals surface area contributed by atoms with Gasteiger partial charge in [0.05, 0.1) is 34.1 Å². The number of hydrogen-bond donors (Lipinski definition) is 8. The number of primary sulfonamides is 1. The van der Waals surface area contributed by atoms with Crippen molar-refractivity contribution >= 4 is 195 Å². The Balaban J connectivity index is 0.000000134. The lowest BCUT2D eigenvalue weighted by atomic mass is 10.1. The molecule has 1 atom stereocenters. The van der Waals surface area contributed by atoms with Crippen LogP contribution in [0.2, 0.25) is 5.02 Å². The molecule has 0 radical (unpaired) electrons. The number of nitrogens with two attached hydrogens (primary N) is 8. The Kier molecular flexibility index (Phi) is 29.1. The van der Waals surface area contributed by atoms with E-state index in [-0.39, 0.29) is 107 Å². The summed E-state index contributed by atoms with van der Waals surface area (Å²) in [5, 5.41) is 10.2. The number of sulfonamides is 1. The van der Waals surface area contributed by atoms with Gasteiger partial charge in [-0.3, -0.25) is 0 Å². The zero-order valence-corrected chi connectivity index (χ0v) is 72.8. The molecule has 18 aromatic rings. The van der Waals surface area contributed by atoms with Gasteiger partial charge in [0.15, 0.2) is 0 Å². The summed E-state index contributed by atoms with van der Waals surface area (Å²) < 4.78 is 76.3. The van der Waals surface area contributed by atoms with E-state index in [0.29, 0.717) is 29.0 Å². The second-order valence-corrected chi connectivity index (χ2v) is 30.7. The number of fused-ring (bicyclic) bond motifs is 7. The van der Waals surface area contributed by atoms with Gasteiger partial charge in [-0.05, 0) is 219 Å². The van der Waals surface area contributed by atoms with Crippen LogP contribution in [0, 0.1) is 17.5 Å². The first-order valence-corrected chi connectivity index (χ1v) is 40.7. The van der Waals surface area contributed by atoms with E-state index in [2.05, 4.69) is 104 Å². The molecule has 21 rings (SSSR count). The Morgan fingerprint density at radius 3 is 1.28 bits per heavy atom. The smallest absolute Gasteiger partial charge is 0.238 e. The summed E-state index contributed by atoms with van der Waals surface area (Å²) in [5.41, 5.74) is 48.7. The summed E-state index contributed by atoms with van der Waals surface area (Å²) in [6.45, 7) is 3.57. The minimum Gasteiger partial charge on any atom is -0.497 e. The molecular weight excluding hydrogens is 1800 g/mol. The molecule has 32 nitrogen and oxygen atoms in total. The van der Waals surface area contributed by atoms with Gasteiger partial charge in [0.2, 0.25) is 51.7 Å². The van der Waals surface area contributed by atoms with Crippen molar-refractivity contribution < 1.29 is 26.3 Å². The van der Waals surface area contributed by atoms with Crippen LogP contribution < -0.4 is 64.7 Å². The summed E-state index contributed by atoms with van der Waals surface area (Å²) in [6.07, 6.45) is 21.4. The highest BCUT2D eigenvalue weighted by Crippen LogP contribution is 2.40. The molecule has 11 aromatic heterocycles. The van der Waals surface area contributed by atoms with Crippen LogP contribution in [0.4, 0.5) is 89.3 Å². The Hall–Kier alpha value is -14.6. The van der Waals surface area contributed by atoms with E-state index in [1.165, 1.54) is 36.4 Å². The van der Waals surface area contributed by atoms with Gasteiger partial charge >= 0.3 is 0 Å². The topological polar surface area (TPSA) is 461 Å². The minimum atomic E-state index is -3.68. The van der Waals surface area contributed by atoms with E-state index in [1.54, 1.807) is 110 Å². The first-order valence-electron chi connectivity index (χ1n) is 38.0. The van der Waals surface area contributed by atoms with E-state index in [4.69, 9.17) is 61.6 Å². The number of hydrogen-bond acceptors (Lipinski definition) is 27. The Bertz CT molecular complexity index is 6960. The second-order valence-electron chi connectivity index (χ2n) is 27.8. The largest absolute Gasteiger partial charge is 0.497 e. The Labute approximate surface area is 756 Å². The first kappa shape index (κ1) is 91.6. The molecule has 0 bridgehead atoms. The number of methoxy groups -OCH3 is 1. The van der Waals surface area contributed by atoms with Crippen LogP contribution in [-0.4, -0.2) is 123 Å². The average molecular weight is 1880 g/mol. The van der Waals surface area contributed by atoms with Gasteiger partial charge in [-0.25, -0.2) is 61.6 Å². The van der Waals surface area contributed by atoms with E-state index in [0.717, 1.165) is 137 Å². The Morgan fingerprint density at radius 2 is 0.780 bits per heavy atom. The van der Waals surface area contributed by atoms with E-state index < -0.39 is 10.0 Å². The number of nitrogens with zero attached hydrogens (tertiary/aromatic N) is 21. The zero-order valence-electron chi connectivity index (χ0n) is 67.2. The van der Waals surface area contributed by atoms with Crippen molar-refractivity contribution in [1.82, 2.24) is 88.0 Å². The number of rotatable bonds is 9. The normalized spacial score (nSPS) is 12.5. The van der Waals surface area contributed by atoms with E-state index in [9.17, 15) is 21.6 Å². The molecule has 0 spiro atoms. The van der Waals surface area contributed by atoms with Crippen LogP contribution in [0.15, 0.2) is 272 Å². The number of ether oxygens (including phenoxy) is 1. The molecule has 0 amide bonds. The fourth-order valence-electron chi connectivity index (χ4n) is 14.2. The molecular formula is C86H79BrCl4F3N29O3S. The lowest BCUT2D eigenvalue weighted by Crippen LogP contribution is -2.25. The van der Waals surface area contributed by atoms with Crippen molar-refractivity contribution in [3.8, 4) is 29.0 Å². The summed E-state index contributed by atoms with van der Waals surface area (Å²) in [4.78, 5) is 62.4. The number of benzene rings is 7. The lowest BCUT2D eigenvalue weighted by Gasteiger charge is -2.23. The van der Waals surface area contributed by atoms with Crippen LogP contribution in [0.5, 0.6) is 5.75 Å². The zero-order chi connectivity index (χ0) is 86.9. The van der Waals surface area contributed by atoms with Crippen molar-refractivity contribution in [1.29, 1.82) is 0 Å². The predicted molar refractivity (Wildman–Crippen MR) is 501 cm³/mol. The van der Waals surface area contributed by atoms with Gasteiger partial charge in [0.25, 0.3) is 0 Å². The van der Waals surface area contributed by atoms with Gasteiger partial charge in [0, 0.05) is 141 Å². The maximum Gasteiger partial charge on any atom is 0.238 e. The molecule has 3 aliphatic rings. The SMILES string of the molecule is CC1Cc2cc(F)ccc2N1c1ccnc(N)n1.COc1ccc2ccn(-c3ccnc(N)n3)c2c1.Cl.Cl.Cl.Nc1nccc(-n2ccc3cc(Br)ccc32)n1.Nc1nccc(-n2ccc3ccc(Cl)cc32)n1.Nc1nccc(-n2ccc3ccc(F)cc32)n1.Nc1nccc(N2CCc3cc(S(N)(=O)=O)ccc32)n1.Nc1nccc(N2CCc3ccc(F)cc32)n1. The number of halogens is 8. The molecule has 0 saturated heterocycles. The molecule has 41 heteroatoms. The van der Waals surface area contributed by atoms with Crippen LogP contribution in [-0.2, 0) is 29.3 Å². The number of anilines is 13. The fourth-order valence-corrected chi connectivity index (χ4v) is 15.3. The van der Waals surface area contributed by atoms with Crippen LogP contribution in [0.25, 0.3) is 66.9 Å². The molecule has 0 aliphatic carbocycles. The summed E-state index contributed by atoms with van der Waals surface area (Å²) in [6, 6.07) is 57.6. The monoisotopic (exact) mass is 1870 g/mol. The van der Waals surface area contributed by atoms with Crippen molar-refractivity contribution in [3.63, 3.8) is 0 Å². The van der Waals surface area contributed by atoms with Gasteiger partial charge in [-0.2, -0.15) is 34.9 Å². The molecule has 648 valence electrons. The highest BCUT2D eigenvalue weighted by Gasteiger charge is 2.30. The van der Waals surface area contributed by atoms with E-state index in [1.807, 2.05) is 145 Å². The number of aromatic nitrogens is 18. The van der Waals surface area contributed by atoms with Crippen molar-refractivity contribution in [2.24, 2.45) is 5.14 Å². The predicted octanol–water partition coefficient (Wildman–Crippen LogP) is 15.4. The molecule has 3 aliphatic heterocycles. The summed E-state index contributed by atoms with van der Waals surface area (Å²) in [5.74, 6) is 6.78. The summed E-state index contributed by atoms with van der Waals surface area (Å²) >= 11 is 9.45. The minimum absolute atomic E-state index is 0. The van der Waals surface area contributed by atoms with Gasteiger partial charge in [-0.1, -0.05) is 39.7 Å². The maximum absolute atomic E-state index is 13.2. The maximum atomic E-state index is 13.2.